The highest BCUT2D eigenvalue weighted by molar-refractivity contribution is 7.26. The molecule has 13 rings (SSSR count). The van der Waals surface area contributed by atoms with Gasteiger partial charge >= 0.3 is 0 Å². The second kappa shape index (κ2) is 14.2. The quantitative estimate of drug-likeness (QED) is 0.168. The lowest BCUT2D eigenvalue weighted by atomic mass is 10.0. The van der Waals surface area contributed by atoms with Crippen LogP contribution in [0.15, 0.2) is 206 Å². The average molecular weight is 823 g/mol. The third-order valence-corrected chi connectivity index (χ3v) is 13.5. The third kappa shape index (κ3) is 5.71. The molecule has 0 atom stereocenters. The molecule has 294 valence electrons. The topological polar surface area (TPSA) is 61.4 Å². The Balaban J connectivity index is 0.946. The van der Waals surface area contributed by atoms with Crippen molar-refractivity contribution in [2.45, 2.75) is 0 Å². The molecule has 13 aromatic rings. The van der Waals surface area contributed by atoms with Gasteiger partial charge in [-0.05, 0) is 71.3 Å². The lowest BCUT2D eigenvalue weighted by Gasteiger charge is -2.12. The van der Waals surface area contributed by atoms with Gasteiger partial charge in [0.1, 0.15) is 0 Å². The van der Waals surface area contributed by atoms with Gasteiger partial charge in [0.05, 0.1) is 32.3 Å². The molecule has 0 saturated heterocycles. The van der Waals surface area contributed by atoms with Crippen molar-refractivity contribution in [2.24, 2.45) is 0 Å². The number of aromatic nitrogens is 6. The van der Waals surface area contributed by atoms with Gasteiger partial charge in [0.25, 0.3) is 0 Å². The molecule has 0 aliphatic carbocycles. The molecular weight excluding hydrogens is 789 g/mol. The second-order valence-electron chi connectivity index (χ2n) is 15.9. The molecule has 63 heavy (non-hydrogen) atoms. The fraction of sp³-hybridized carbons (Fsp3) is 0. The van der Waals surface area contributed by atoms with E-state index in [1.807, 2.05) is 78.2 Å². The van der Waals surface area contributed by atoms with E-state index in [1.54, 1.807) is 0 Å². The van der Waals surface area contributed by atoms with Gasteiger partial charge in [-0.2, -0.15) is 9.97 Å². The fourth-order valence-electron chi connectivity index (χ4n) is 9.32. The number of fused-ring (bicyclic) bond motifs is 9. The van der Waals surface area contributed by atoms with Gasteiger partial charge in [-0.25, -0.2) is 4.98 Å². The molecule has 0 amide bonds. The highest BCUT2D eigenvalue weighted by atomic mass is 32.1. The van der Waals surface area contributed by atoms with Gasteiger partial charge in [-0.3, -0.25) is 9.55 Å². The summed E-state index contributed by atoms with van der Waals surface area (Å²) in [5.74, 6) is 1.83. The average Bonchev–Trinajstić information content (AvgIpc) is 4.02. The summed E-state index contributed by atoms with van der Waals surface area (Å²) in [6.45, 7) is 0. The molecule has 0 spiro atoms. The van der Waals surface area contributed by atoms with Crippen LogP contribution in [0.5, 0.6) is 0 Å². The van der Waals surface area contributed by atoms with Crippen LogP contribution in [-0.4, -0.2) is 29.1 Å². The second-order valence-corrected chi connectivity index (χ2v) is 16.9. The summed E-state index contributed by atoms with van der Waals surface area (Å²) in [6, 6.07) is 70.8. The van der Waals surface area contributed by atoms with Crippen LogP contribution < -0.4 is 0 Å². The summed E-state index contributed by atoms with van der Waals surface area (Å²) >= 11 is 1.81. The number of hydrogen-bond acceptors (Lipinski definition) is 5. The smallest absolute Gasteiger partial charge is 0.238 e. The van der Waals surface area contributed by atoms with Crippen LogP contribution in [-0.2, 0) is 0 Å². The Kier molecular flexibility index (Phi) is 7.98. The number of para-hydroxylation sites is 2. The summed E-state index contributed by atoms with van der Waals surface area (Å²) in [6.07, 6.45) is 1.93. The number of benzene rings is 8. The van der Waals surface area contributed by atoms with Gasteiger partial charge in [-0.1, -0.05) is 146 Å². The monoisotopic (exact) mass is 822 g/mol. The Labute approximate surface area is 365 Å². The largest absolute Gasteiger partial charge is 0.309 e. The summed E-state index contributed by atoms with van der Waals surface area (Å²) in [4.78, 5) is 20.1. The van der Waals surface area contributed by atoms with E-state index in [-0.39, 0.29) is 0 Å². The zero-order valence-electron chi connectivity index (χ0n) is 33.7. The Morgan fingerprint density at radius 3 is 1.65 bits per heavy atom. The Morgan fingerprint density at radius 1 is 0.365 bits per heavy atom. The van der Waals surface area contributed by atoms with Crippen LogP contribution in [0.4, 0.5) is 0 Å². The molecule has 0 saturated carbocycles. The predicted octanol–water partition coefficient (Wildman–Crippen LogP) is 14.5. The molecule has 0 N–H and O–H groups in total. The first kappa shape index (κ1) is 35.5. The maximum absolute atomic E-state index is 5.16. The number of pyridine rings is 1. The number of rotatable bonds is 6. The van der Waals surface area contributed by atoms with E-state index in [9.17, 15) is 0 Å². The van der Waals surface area contributed by atoms with Gasteiger partial charge < -0.3 is 4.57 Å². The molecule has 6 nitrogen and oxygen atoms in total. The standard InChI is InChI=1S/C56H34N6S/c1-3-13-36(14-4-1)54-58-55(37-15-5-2-6-16-37)60-56(59-54)62-48-21-11-7-17-42(48)44-29-25-39(34-50(44)62)38-26-30-49-46(33-38)43-18-8-10-20-47(43)61(49)40-27-23-35(24-28-40)41-31-32-57-52-45-19-9-12-22-51(45)63-53(41)52/h1-34H. The molecular formula is C56H34N6S. The number of hydrogen-bond donors (Lipinski definition) is 0. The molecule has 5 aromatic heterocycles. The molecule has 7 heteroatoms. The first-order valence-electron chi connectivity index (χ1n) is 21.0. The minimum Gasteiger partial charge on any atom is -0.309 e. The van der Waals surface area contributed by atoms with Crippen molar-refractivity contribution in [3.63, 3.8) is 0 Å². The maximum atomic E-state index is 5.16. The first-order chi connectivity index (χ1) is 31.2. The van der Waals surface area contributed by atoms with Crippen LogP contribution in [0, 0.1) is 0 Å². The normalized spacial score (nSPS) is 11.8. The van der Waals surface area contributed by atoms with Crippen LogP contribution in [0.2, 0.25) is 0 Å². The summed E-state index contributed by atoms with van der Waals surface area (Å²) < 4.78 is 7.06. The van der Waals surface area contributed by atoms with Crippen molar-refractivity contribution < 1.29 is 0 Å². The summed E-state index contributed by atoms with van der Waals surface area (Å²) in [7, 11) is 0. The zero-order chi connectivity index (χ0) is 41.4. The SMILES string of the molecule is c1ccc(-c2nc(-c3ccccc3)nc(-n3c4ccccc4c4ccc(-c5ccc6c(c5)c5ccccc5n6-c5ccc(-c6ccnc7c6sc6ccccc67)cc5)cc43)n2)cc1. The maximum Gasteiger partial charge on any atom is 0.238 e. The Hall–Kier alpha value is -8.26. The number of nitrogens with zero attached hydrogens (tertiary/aromatic N) is 6. The first-order valence-corrected chi connectivity index (χ1v) is 21.9. The van der Waals surface area contributed by atoms with Crippen LogP contribution in [0.3, 0.4) is 0 Å². The molecule has 0 bridgehead atoms. The van der Waals surface area contributed by atoms with Crippen LogP contribution >= 0.6 is 11.3 Å². The molecule has 0 radical (unpaired) electrons. The Bertz CT molecular complexity index is 3850. The van der Waals surface area contributed by atoms with Crippen molar-refractivity contribution in [3.05, 3.63) is 206 Å². The van der Waals surface area contributed by atoms with E-state index in [2.05, 4.69) is 149 Å². The van der Waals surface area contributed by atoms with Gasteiger partial charge in [0.15, 0.2) is 11.6 Å². The molecule has 0 aliphatic rings. The van der Waals surface area contributed by atoms with E-state index >= 15 is 0 Å². The fourth-order valence-corrected chi connectivity index (χ4v) is 10.5. The van der Waals surface area contributed by atoms with Gasteiger partial charge in [0, 0.05) is 60.2 Å². The summed E-state index contributed by atoms with van der Waals surface area (Å²) in [5, 5.41) is 5.90. The third-order valence-electron chi connectivity index (χ3n) is 12.3. The van der Waals surface area contributed by atoms with Gasteiger partial charge in [-0.15, -0.1) is 11.3 Å². The van der Waals surface area contributed by atoms with Crippen molar-refractivity contribution in [1.82, 2.24) is 29.1 Å². The van der Waals surface area contributed by atoms with E-state index < -0.39 is 0 Å². The number of thiophene rings is 1. The minimum atomic E-state index is 0.577. The molecule has 0 unspecified atom stereocenters. The van der Waals surface area contributed by atoms with E-state index in [1.165, 1.54) is 42.2 Å². The van der Waals surface area contributed by atoms with Crippen LogP contribution in [0.1, 0.15) is 0 Å². The Morgan fingerprint density at radius 2 is 0.921 bits per heavy atom. The highest BCUT2D eigenvalue weighted by Gasteiger charge is 2.20. The van der Waals surface area contributed by atoms with Crippen molar-refractivity contribution >= 4 is 75.3 Å². The molecule has 0 aliphatic heterocycles. The summed E-state index contributed by atoms with van der Waals surface area (Å²) in [5.41, 5.74) is 13.1. The molecule has 0 fully saturated rings. The van der Waals surface area contributed by atoms with E-state index in [0.29, 0.717) is 17.6 Å². The molecule has 5 heterocycles. The lowest BCUT2D eigenvalue weighted by molar-refractivity contribution is 0.953. The minimum absolute atomic E-state index is 0.577. The van der Waals surface area contributed by atoms with Gasteiger partial charge in [0.2, 0.25) is 5.95 Å². The van der Waals surface area contributed by atoms with E-state index in [0.717, 1.165) is 60.8 Å². The zero-order valence-corrected chi connectivity index (χ0v) is 34.5. The molecule has 8 aromatic carbocycles. The lowest BCUT2D eigenvalue weighted by Crippen LogP contribution is -2.06. The van der Waals surface area contributed by atoms with Crippen molar-refractivity contribution in [1.29, 1.82) is 0 Å². The highest BCUT2D eigenvalue weighted by Crippen LogP contribution is 2.41. The van der Waals surface area contributed by atoms with Crippen molar-refractivity contribution in [2.75, 3.05) is 0 Å². The van der Waals surface area contributed by atoms with Crippen LogP contribution in [0.25, 0.3) is 121 Å². The van der Waals surface area contributed by atoms with E-state index in [4.69, 9.17) is 19.9 Å². The predicted molar refractivity (Wildman–Crippen MR) is 261 cm³/mol. The van der Waals surface area contributed by atoms with Crippen molar-refractivity contribution in [3.8, 4) is 56.7 Å².